The molecule has 2 aliphatic heterocycles. The normalized spacial score (nSPS) is 24.1. The molecule has 8 heteroatoms. The summed E-state index contributed by atoms with van der Waals surface area (Å²) in [7, 11) is 1.89. The molecule has 0 spiro atoms. The molecule has 2 atom stereocenters. The number of benzene rings is 2. The number of likely N-dealkylation sites (N-methyl/N-ethyl adjacent to an activating group) is 1. The molecule has 2 aromatic carbocycles. The Kier molecular flexibility index (Phi) is 4.97. The zero-order valence-electron chi connectivity index (χ0n) is 15.3. The van der Waals surface area contributed by atoms with E-state index in [4.69, 9.17) is 10.7 Å². The van der Waals surface area contributed by atoms with E-state index in [9.17, 15) is 8.78 Å². The van der Waals surface area contributed by atoms with Gasteiger partial charge in [-0.1, -0.05) is 36.4 Å². The van der Waals surface area contributed by atoms with Crippen molar-refractivity contribution in [2.45, 2.75) is 17.5 Å². The molecule has 2 unspecified atom stereocenters. The zero-order valence-corrected chi connectivity index (χ0v) is 16.1. The Morgan fingerprint density at radius 1 is 1.21 bits per heavy atom. The first-order valence-electron chi connectivity index (χ1n) is 8.84. The molecule has 0 aliphatic carbocycles. The van der Waals surface area contributed by atoms with Crippen molar-refractivity contribution in [3.63, 3.8) is 0 Å². The molecular weight excluding hydrogens is 382 g/mol. The molecule has 2 heterocycles. The maximum absolute atomic E-state index is 12.5. The van der Waals surface area contributed by atoms with Gasteiger partial charge in [-0.05, 0) is 28.8 Å². The maximum Gasteiger partial charge on any atom is 0.387 e. The number of ether oxygens (including phenoxy) is 1. The summed E-state index contributed by atoms with van der Waals surface area (Å²) in [5, 5.41) is 0.0110. The van der Waals surface area contributed by atoms with Gasteiger partial charge in [0, 0.05) is 19.0 Å². The van der Waals surface area contributed by atoms with Gasteiger partial charge in [-0.15, -0.1) is 11.8 Å². The summed E-state index contributed by atoms with van der Waals surface area (Å²) in [5.74, 6) is 1.42. The Bertz CT molecular complexity index is 919. The van der Waals surface area contributed by atoms with Gasteiger partial charge in [0.05, 0.1) is 6.54 Å². The van der Waals surface area contributed by atoms with Crippen LogP contribution in [0.5, 0.6) is 5.75 Å². The van der Waals surface area contributed by atoms with Crippen molar-refractivity contribution < 1.29 is 13.5 Å². The molecule has 0 saturated carbocycles. The zero-order chi connectivity index (χ0) is 19.7. The van der Waals surface area contributed by atoms with E-state index in [1.54, 1.807) is 36.0 Å². The fourth-order valence-corrected chi connectivity index (χ4v) is 4.60. The predicted molar refractivity (Wildman–Crippen MR) is 108 cm³/mol. The standard InChI is InChI=1S/C20H20F2N4OS/c1-26-12-20(25-19(26)23,13-6-8-14(9-7-13)27-18(21)22)16-5-3-2-4-15(16)17-24-10-11-28-17/h2-10,17-18H,11-12H2,1H3,(H2,23,25). The van der Waals surface area contributed by atoms with E-state index in [1.807, 2.05) is 36.4 Å². The average Bonchev–Trinajstić information content (AvgIpc) is 3.31. The number of thioether (sulfide) groups is 1. The lowest BCUT2D eigenvalue weighted by molar-refractivity contribution is -0.0498. The highest BCUT2D eigenvalue weighted by Gasteiger charge is 2.43. The van der Waals surface area contributed by atoms with Crippen molar-refractivity contribution in [2.75, 3.05) is 19.3 Å². The van der Waals surface area contributed by atoms with Gasteiger partial charge in [0.2, 0.25) is 0 Å². The summed E-state index contributed by atoms with van der Waals surface area (Å²) in [6.07, 6.45) is 1.92. The highest BCUT2D eigenvalue weighted by molar-refractivity contribution is 8.00. The second kappa shape index (κ2) is 7.43. The SMILES string of the molecule is CN1CC(c2ccc(OC(F)F)cc2)(c2ccccc2C2N=CCS2)N=C1N. The molecule has 0 bridgehead atoms. The molecule has 0 amide bonds. The number of alkyl halides is 2. The van der Waals surface area contributed by atoms with E-state index in [2.05, 4.69) is 15.8 Å². The Labute approximate surface area is 166 Å². The first-order valence-corrected chi connectivity index (χ1v) is 9.89. The van der Waals surface area contributed by atoms with Crippen LogP contribution in [0.2, 0.25) is 0 Å². The lowest BCUT2D eigenvalue weighted by atomic mass is 9.81. The van der Waals surface area contributed by atoms with Crippen molar-refractivity contribution in [2.24, 2.45) is 15.7 Å². The number of hydrogen-bond donors (Lipinski definition) is 1. The smallest absolute Gasteiger partial charge is 0.387 e. The molecule has 0 saturated heterocycles. The van der Waals surface area contributed by atoms with Crippen molar-refractivity contribution in [1.29, 1.82) is 0 Å². The summed E-state index contributed by atoms with van der Waals surface area (Å²) in [5.41, 5.74) is 8.37. The van der Waals surface area contributed by atoms with Crippen LogP contribution >= 0.6 is 11.8 Å². The molecule has 0 aromatic heterocycles. The van der Waals surface area contributed by atoms with Crippen molar-refractivity contribution >= 4 is 23.9 Å². The first kappa shape index (κ1) is 18.7. The number of hydrogen-bond acceptors (Lipinski definition) is 6. The van der Waals surface area contributed by atoms with Gasteiger partial charge in [0.25, 0.3) is 0 Å². The summed E-state index contributed by atoms with van der Waals surface area (Å²) in [4.78, 5) is 11.3. The van der Waals surface area contributed by atoms with Crippen LogP contribution in [-0.2, 0) is 5.54 Å². The molecule has 0 radical (unpaired) electrons. The van der Waals surface area contributed by atoms with Gasteiger partial charge >= 0.3 is 6.61 Å². The molecule has 2 aliphatic rings. The van der Waals surface area contributed by atoms with Crippen molar-refractivity contribution in [3.8, 4) is 5.75 Å². The molecule has 4 rings (SSSR count). The quantitative estimate of drug-likeness (QED) is 0.830. The highest BCUT2D eigenvalue weighted by atomic mass is 32.2. The number of nitrogens with zero attached hydrogens (tertiary/aromatic N) is 3. The topological polar surface area (TPSA) is 63.2 Å². The Morgan fingerprint density at radius 2 is 1.96 bits per heavy atom. The van der Waals surface area contributed by atoms with Crippen LogP contribution in [0, 0.1) is 0 Å². The Hall–Kier alpha value is -2.61. The van der Waals surface area contributed by atoms with Crippen molar-refractivity contribution in [3.05, 3.63) is 65.2 Å². The van der Waals surface area contributed by atoms with E-state index in [0.717, 1.165) is 22.4 Å². The van der Waals surface area contributed by atoms with E-state index in [-0.39, 0.29) is 11.1 Å². The fraction of sp³-hybridized carbons (Fsp3) is 0.300. The Morgan fingerprint density at radius 3 is 2.57 bits per heavy atom. The third kappa shape index (κ3) is 3.32. The molecular formula is C20H20F2N4OS. The molecule has 28 heavy (non-hydrogen) atoms. The van der Waals surface area contributed by atoms with Gasteiger partial charge in [-0.25, -0.2) is 4.99 Å². The minimum Gasteiger partial charge on any atom is -0.435 e. The number of guanidine groups is 1. The summed E-state index contributed by atoms with van der Waals surface area (Å²) < 4.78 is 29.5. The van der Waals surface area contributed by atoms with Gasteiger partial charge in [-0.2, -0.15) is 8.78 Å². The number of halogens is 2. The second-order valence-electron chi connectivity index (χ2n) is 6.69. The van der Waals surface area contributed by atoms with E-state index in [1.165, 1.54) is 0 Å². The third-order valence-corrected chi connectivity index (χ3v) is 5.99. The number of rotatable bonds is 5. The lowest BCUT2D eigenvalue weighted by Crippen LogP contribution is -2.35. The van der Waals surface area contributed by atoms with Crippen molar-refractivity contribution in [1.82, 2.24) is 4.90 Å². The monoisotopic (exact) mass is 402 g/mol. The van der Waals surface area contributed by atoms with Crippen LogP contribution < -0.4 is 10.5 Å². The molecule has 0 fully saturated rings. The predicted octanol–water partition coefficient (Wildman–Crippen LogP) is 3.61. The van der Waals surface area contributed by atoms with Gasteiger partial charge in [-0.3, -0.25) is 4.99 Å². The van der Waals surface area contributed by atoms with Crippen LogP contribution in [-0.4, -0.2) is 43.0 Å². The van der Waals surface area contributed by atoms with E-state index >= 15 is 0 Å². The molecule has 2 aromatic rings. The number of aliphatic imine (C=N–C) groups is 2. The molecule has 5 nitrogen and oxygen atoms in total. The summed E-state index contributed by atoms with van der Waals surface area (Å²) in [6.45, 7) is -2.31. The summed E-state index contributed by atoms with van der Waals surface area (Å²) in [6, 6.07) is 14.7. The molecule has 146 valence electrons. The minimum absolute atomic E-state index is 0.0110. The highest BCUT2D eigenvalue weighted by Crippen LogP contribution is 2.45. The lowest BCUT2D eigenvalue weighted by Gasteiger charge is -2.31. The summed E-state index contributed by atoms with van der Waals surface area (Å²) >= 11 is 1.75. The van der Waals surface area contributed by atoms with Gasteiger partial charge < -0.3 is 15.4 Å². The first-order chi connectivity index (χ1) is 13.5. The third-order valence-electron chi connectivity index (χ3n) is 4.96. The van der Waals surface area contributed by atoms with Crippen LogP contribution in [0.25, 0.3) is 0 Å². The van der Waals surface area contributed by atoms with E-state index in [0.29, 0.717) is 12.5 Å². The van der Waals surface area contributed by atoms with Crippen LogP contribution in [0.1, 0.15) is 22.1 Å². The van der Waals surface area contributed by atoms with Crippen LogP contribution in [0.15, 0.2) is 58.5 Å². The maximum atomic E-state index is 12.5. The van der Waals surface area contributed by atoms with Crippen LogP contribution in [0.4, 0.5) is 8.78 Å². The largest absolute Gasteiger partial charge is 0.435 e. The molecule has 2 N–H and O–H groups in total. The minimum atomic E-state index is -2.86. The average molecular weight is 402 g/mol. The van der Waals surface area contributed by atoms with Gasteiger partial charge in [0.15, 0.2) is 5.96 Å². The Balaban J connectivity index is 1.83. The van der Waals surface area contributed by atoms with E-state index < -0.39 is 12.2 Å². The fourth-order valence-electron chi connectivity index (χ4n) is 3.68. The number of nitrogens with two attached hydrogens (primary N) is 1. The second-order valence-corrected chi connectivity index (χ2v) is 7.81. The van der Waals surface area contributed by atoms with Gasteiger partial charge in [0.1, 0.15) is 16.7 Å². The van der Waals surface area contributed by atoms with Crippen LogP contribution in [0.3, 0.4) is 0 Å².